The lowest BCUT2D eigenvalue weighted by molar-refractivity contribution is 0.498. The fourth-order valence-corrected chi connectivity index (χ4v) is 4.18. The number of hydrogen-bond donors (Lipinski definition) is 0. The molecule has 1 heterocycles. The number of rotatable bonds is 4. The molecule has 5 nitrogen and oxygen atoms in total. The zero-order valence-electron chi connectivity index (χ0n) is 12.8. The van der Waals surface area contributed by atoms with Crippen molar-refractivity contribution in [2.45, 2.75) is 30.7 Å². The second kappa shape index (κ2) is 5.82. The predicted octanol–water partition coefficient (Wildman–Crippen LogP) is 2.61. The highest BCUT2D eigenvalue weighted by Gasteiger charge is 2.21. The molecule has 0 N–H and O–H groups in total. The maximum Gasteiger partial charge on any atom is 0.323 e. The van der Waals surface area contributed by atoms with Crippen LogP contribution in [0.1, 0.15) is 16.7 Å². The van der Waals surface area contributed by atoms with Crippen molar-refractivity contribution in [3.05, 3.63) is 41.1 Å². The number of benzene rings is 1. The lowest BCUT2D eigenvalue weighted by Crippen LogP contribution is -2.30. The average Bonchev–Trinajstić information content (AvgIpc) is 2.82. The molecule has 0 amide bonds. The van der Waals surface area contributed by atoms with E-state index in [0.717, 1.165) is 24.4 Å². The van der Waals surface area contributed by atoms with Crippen LogP contribution in [0.3, 0.4) is 0 Å². The summed E-state index contributed by atoms with van der Waals surface area (Å²) in [6.07, 6.45) is 1.50. The Bertz CT molecular complexity index is 741. The molecule has 2 rings (SSSR count). The Labute approximate surface area is 130 Å². The van der Waals surface area contributed by atoms with Crippen LogP contribution in [0.25, 0.3) is 0 Å². The maximum absolute atomic E-state index is 12.2. The van der Waals surface area contributed by atoms with E-state index in [4.69, 9.17) is 0 Å². The van der Waals surface area contributed by atoms with Crippen LogP contribution in [-0.4, -0.2) is 36.0 Å². The van der Waals surface area contributed by atoms with Gasteiger partial charge in [0.2, 0.25) is 0 Å². The summed E-state index contributed by atoms with van der Waals surface area (Å²) in [6, 6.07) is 5.90. The summed E-state index contributed by atoms with van der Waals surface area (Å²) in [5.41, 5.74) is 3.46. The summed E-state index contributed by atoms with van der Waals surface area (Å²) >= 11 is 1.42. The zero-order valence-corrected chi connectivity index (χ0v) is 14.4. The Balaban J connectivity index is 2.46. The molecule has 0 fully saturated rings. The van der Waals surface area contributed by atoms with Crippen LogP contribution in [0.2, 0.25) is 0 Å². The first-order chi connectivity index (χ1) is 9.73. The first-order valence-corrected chi connectivity index (χ1v) is 8.67. The summed E-state index contributed by atoms with van der Waals surface area (Å²) < 4.78 is 26.7. The van der Waals surface area contributed by atoms with Crippen molar-refractivity contribution in [2.75, 3.05) is 14.1 Å². The van der Waals surface area contributed by atoms with Crippen molar-refractivity contribution in [3.63, 3.8) is 0 Å². The molecular weight excluding hydrogens is 306 g/mol. The first-order valence-electron chi connectivity index (χ1n) is 6.46. The van der Waals surface area contributed by atoms with Crippen LogP contribution in [0.4, 0.5) is 0 Å². The number of nitrogens with zero attached hydrogens (tertiary/aromatic N) is 3. The van der Waals surface area contributed by atoms with Gasteiger partial charge in [0.15, 0.2) is 0 Å². The zero-order chi connectivity index (χ0) is 15.8. The van der Waals surface area contributed by atoms with Gasteiger partial charge in [0.05, 0.1) is 6.20 Å². The SMILES string of the molecule is Cc1cc(C)c(Sc2ccnn2S(=O)(=O)N(C)C)c(C)c1. The minimum Gasteiger partial charge on any atom is -0.189 e. The Hall–Kier alpha value is -1.31. The van der Waals surface area contributed by atoms with Crippen LogP contribution < -0.4 is 0 Å². The smallest absolute Gasteiger partial charge is 0.189 e. The molecule has 2 aromatic rings. The summed E-state index contributed by atoms with van der Waals surface area (Å²) in [5, 5.41) is 4.53. The van der Waals surface area contributed by atoms with Gasteiger partial charge < -0.3 is 0 Å². The van der Waals surface area contributed by atoms with Gasteiger partial charge in [0.25, 0.3) is 0 Å². The highest BCUT2D eigenvalue weighted by Crippen LogP contribution is 2.34. The quantitative estimate of drug-likeness (QED) is 0.867. The van der Waals surface area contributed by atoms with E-state index in [1.807, 2.05) is 13.8 Å². The van der Waals surface area contributed by atoms with Crippen molar-refractivity contribution < 1.29 is 8.42 Å². The normalized spacial score (nSPS) is 12.1. The van der Waals surface area contributed by atoms with E-state index in [9.17, 15) is 8.42 Å². The van der Waals surface area contributed by atoms with E-state index in [-0.39, 0.29) is 0 Å². The minimum atomic E-state index is -3.60. The Morgan fingerprint density at radius 1 is 1.14 bits per heavy atom. The molecular formula is C14H19N3O2S2. The van der Waals surface area contributed by atoms with Gasteiger partial charge in [-0.1, -0.05) is 29.5 Å². The third-order valence-electron chi connectivity index (χ3n) is 3.07. The highest BCUT2D eigenvalue weighted by molar-refractivity contribution is 8.00. The maximum atomic E-state index is 12.2. The van der Waals surface area contributed by atoms with E-state index < -0.39 is 10.2 Å². The largest absolute Gasteiger partial charge is 0.323 e. The van der Waals surface area contributed by atoms with Gasteiger partial charge in [-0.3, -0.25) is 0 Å². The molecule has 0 aliphatic carbocycles. The number of aryl methyl sites for hydroxylation is 3. The fraction of sp³-hybridized carbons (Fsp3) is 0.357. The molecule has 114 valence electrons. The molecule has 1 aromatic carbocycles. The van der Waals surface area contributed by atoms with Crippen LogP contribution >= 0.6 is 11.8 Å². The third-order valence-corrected chi connectivity index (χ3v) is 6.20. The molecule has 0 unspecified atom stereocenters. The summed E-state index contributed by atoms with van der Waals surface area (Å²) in [6.45, 7) is 6.11. The lowest BCUT2D eigenvalue weighted by Gasteiger charge is -2.15. The number of hydrogen-bond acceptors (Lipinski definition) is 4. The van der Waals surface area contributed by atoms with E-state index in [1.165, 1.54) is 37.6 Å². The Morgan fingerprint density at radius 2 is 1.71 bits per heavy atom. The topological polar surface area (TPSA) is 55.2 Å². The van der Waals surface area contributed by atoms with Gasteiger partial charge in [-0.25, -0.2) is 0 Å². The standard InChI is InChI=1S/C14H19N3O2S2/c1-10-8-11(2)14(12(3)9-10)20-13-6-7-15-17(13)21(18,19)16(4)5/h6-9H,1-5H3. The van der Waals surface area contributed by atoms with Crippen molar-refractivity contribution in [1.82, 2.24) is 13.5 Å². The summed E-state index contributed by atoms with van der Waals surface area (Å²) in [4.78, 5) is 1.07. The van der Waals surface area contributed by atoms with Gasteiger partial charge in [0, 0.05) is 19.0 Å². The average molecular weight is 325 g/mol. The van der Waals surface area contributed by atoms with Gasteiger partial charge in [-0.2, -0.15) is 17.8 Å². The molecule has 0 aliphatic heterocycles. The van der Waals surface area contributed by atoms with Crippen molar-refractivity contribution in [2.24, 2.45) is 0 Å². The molecule has 0 spiro atoms. The van der Waals surface area contributed by atoms with Gasteiger partial charge in [-0.05, 0) is 38.0 Å². The van der Waals surface area contributed by atoms with E-state index >= 15 is 0 Å². The Morgan fingerprint density at radius 3 is 2.24 bits per heavy atom. The summed E-state index contributed by atoms with van der Waals surface area (Å²) in [7, 11) is -0.612. The van der Waals surface area contributed by atoms with E-state index in [1.54, 1.807) is 6.07 Å². The van der Waals surface area contributed by atoms with Crippen molar-refractivity contribution in [1.29, 1.82) is 0 Å². The monoisotopic (exact) mass is 325 g/mol. The molecule has 21 heavy (non-hydrogen) atoms. The second-order valence-corrected chi connectivity index (χ2v) is 8.13. The molecule has 0 aliphatic rings. The Kier molecular flexibility index (Phi) is 4.46. The minimum absolute atomic E-state index is 0.582. The fourth-order valence-electron chi connectivity index (χ4n) is 2.11. The van der Waals surface area contributed by atoms with Crippen LogP contribution in [-0.2, 0) is 10.2 Å². The van der Waals surface area contributed by atoms with Gasteiger partial charge in [0.1, 0.15) is 5.03 Å². The van der Waals surface area contributed by atoms with Gasteiger partial charge in [-0.15, -0.1) is 4.09 Å². The third kappa shape index (κ3) is 3.14. The highest BCUT2D eigenvalue weighted by atomic mass is 32.2. The molecule has 1 aromatic heterocycles. The molecule has 7 heteroatoms. The lowest BCUT2D eigenvalue weighted by atomic mass is 10.1. The molecule has 0 saturated carbocycles. The number of aromatic nitrogens is 2. The molecule has 0 radical (unpaired) electrons. The first kappa shape index (κ1) is 16.1. The van der Waals surface area contributed by atoms with Gasteiger partial charge >= 0.3 is 10.2 Å². The van der Waals surface area contributed by atoms with Crippen molar-refractivity contribution >= 4 is 22.0 Å². The van der Waals surface area contributed by atoms with E-state index in [2.05, 4.69) is 24.2 Å². The molecule has 0 bridgehead atoms. The van der Waals surface area contributed by atoms with Crippen LogP contribution in [0.15, 0.2) is 34.3 Å². The van der Waals surface area contributed by atoms with E-state index in [0.29, 0.717) is 5.03 Å². The molecule has 0 atom stereocenters. The van der Waals surface area contributed by atoms with Crippen LogP contribution in [0, 0.1) is 20.8 Å². The second-order valence-electron chi connectivity index (χ2n) is 5.13. The predicted molar refractivity (Wildman–Crippen MR) is 85.0 cm³/mol. The summed E-state index contributed by atoms with van der Waals surface area (Å²) in [5.74, 6) is 0. The molecule has 0 saturated heterocycles. The van der Waals surface area contributed by atoms with Crippen molar-refractivity contribution in [3.8, 4) is 0 Å². The van der Waals surface area contributed by atoms with Crippen LogP contribution in [0.5, 0.6) is 0 Å².